The van der Waals surface area contributed by atoms with Crippen LogP contribution in [0.1, 0.15) is 25.7 Å². The van der Waals surface area contributed by atoms with Crippen molar-refractivity contribution in [2.75, 3.05) is 26.2 Å². The van der Waals surface area contributed by atoms with Crippen molar-refractivity contribution in [3.8, 4) is 5.75 Å². The van der Waals surface area contributed by atoms with Crippen LogP contribution in [-0.4, -0.2) is 54.7 Å². The number of alkyl halides is 3. The third-order valence-electron chi connectivity index (χ3n) is 6.23. The lowest BCUT2D eigenvalue weighted by Crippen LogP contribution is -2.45. The monoisotopic (exact) mass is 449 g/mol. The highest BCUT2D eigenvalue weighted by atomic mass is 19.4. The molecule has 1 saturated heterocycles. The van der Waals surface area contributed by atoms with Crippen molar-refractivity contribution < 1.29 is 23.0 Å². The molecule has 1 aromatic heterocycles. The van der Waals surface area contributed by atoms with Crippen molar-refractivity contribution in [2.24, 2.45) is 5.92 Å². The molecule has 0 radical (unpaired) electrons. The number of aromatic amines is 1. The molecule has 2 heterocycles. The molecule has 2 atom stereocenters. The van der Waals surface area contributed by atoms with Gasteiger partial charge in [0, 0.05) is 35.3 Å². The maximum absolute atomic E-state index is 12.8. The van der Waals surface area contributed by atoms with Gasteiger partial charge in [0.1, 0.15) is 18.5 Å². The molecule has 0 aliphatic carbocycles. The molecule has 0 bridgehead atoms. The second kappa shape index (κ2) is 10.1. The molecule has 1 fully saturated rings. The molecule has 0 amide bonds. The molecule has 32 heavy (non-hydrogen) atoms. The number of H-pyrrole nitrogens is 1. The Kier molecular flexibility index (Phi) is 7.23. The van der Waals surface area contributed by atoms with E-state index in [1.54, 1.807) is 0 Å². The van der Waals surface area contributed by atoms with Crippen molar-refractivity contribution in [2.45, 2.75) is 44.0 Å². The van der Waals surface area contributed by atoms with E-state index in [-0.39, 0.29) is 31.5 Å². The van der Waals surface area contributed by atoms with Gasteiger partial charge >= 0.3 is 6.18 Å². The first-order chi connectivity index (χ1) is 15.4. The number of nitrogens with one attached hydrogen (secondary N) is 3. The molecular formula is C24H30F3N3O2. The van der Waals surface area contributed by atoms with Crippen LogP contribution in [0.5, 0.6) is 5.75 Å². The second-order valence-corrected chi connectivity index (χ2v) is 8.57. The molecule has 2 aromatic carbocycles. The molecule has 1 aliphatic rings. The van der Waals surface area contributed by atoms with Gasteiger partial charge in [-0.15, -0.1) is 0 Å². The zero-order valence-corrected chi connectivity index (χ0v) is 17.9. The summed E-state index contributed by atoms with van der Waals surface area (Å²) in [7, 11) is 0. The van der Waals surface area contributed by atoms with Crippen LogP contribution >= 0.6 is 0 Å². The van der Waals surface area contributed by atoms with Gasteiger partial charge in [0.2, 0.25) is 0 Å². The second-order valence-electron chi connectivity index (χ2n) is 8.57. The number of hydrogen-bond donors (Lipinski definition) is 4. The number of ether oxygens (including phenoxy) is 1. The summed E-state index contributed by atoms with van der Waals surface area (Å²) in [6.45, 7) is 1.88. The van der Waals surface area contributed by atoms with Crippen LogP contribution in [0.25, 0.3) is 21.8 Å². The zero-order chi connectivity index (χ0) is 22.6. The van der Waals surface area contributed by atoms with Gasteiger partial charge in [-0.25, -0.2) is 0 Å². The number of halogens is 3. The summed E-state index contributed by atoms with van der Waals surface area (Å²) in [5.41, 5.74) is 1.96. The average Bonchev–Trinajstić information content (AvgIpc) is 3.17. The fourth-order valence-electron chi connectivity index (χ4n) is 4.59. The minimum absolute atomic E-state index is 0.0242. The third-order valence-corrected chi connectivity index (χ3v) is 6.23. The van der Waals surface area contributed by atoms with Gasteiger partial charge in [-0.1, -0.05) is 24.3 Å². The highest BCUT2D eigenvalue weighted by Crippen LogP contribution is 2.33. The average molecular weight is 450 g/mol. The molecule has 5 nitrogen and oxygen atoms in total. The van der Waals surface area contributed by atoms with Crippen molar-refractivity contribution >= 4 is 21.8 Å². The molecule has 0 saturated carbocycles. The van der Waals surface area contributed by atoms with Crippen LogP contribution < -0.4 is 15.4 Å². The first kappa shape index (κ1) is 22.9. The fraction of sp³-hybridized carbons (Fsp3) is 0.500. The van der Waals surface area contributed by atoms with E-state index in [2.05, 4.69) is 15.6 Å². The van der Waals surface area contributed by atoms with Crippen molar-refractivity contribution in [1.82, 2.24) is 15.6 Å². The van der Waals surface area contributed by atoms with Gasteiger partial charge in [0.05, 0.1) is 5.52 Å². The smallest absolute Gasteiger partial charge is 0.389 e. The minimum Gasteiger partial charge on any atom is -0.490 e. The third kappa shape index (κ3) is 5.74. The van der Waals surface area contributed by atoms with Crippen LogP contribution in [0.4, 0.5) is 13.2 Å². The minimum atomic E-state index is -4.17. The lowest BCUT2D eigenvalue weighted by atomic mass is 9.87. The molecule has 0 spiro atoms. The SMILES string of the molecule is O[C@@H](CNC(CCC(F)(F)F)C1CCNCC1)COc1cccc2[nH]c3ccccc3c12. The van der Waals surface area contributed by atoms with Crippen molar-refractivity contribution in [3.05, 3.63) is 42.5 Å². The Hall–Kier alpha value is -2.29. The lowest BCUT2D eigenvalue weighted by Gasteiger charge is -2.32. The van der Waals surface area contributed by atoms with E-state index in [0.29, 0.717) is 5.75 Å². The van der Waals surface area contributed by atoms with E-state index in [0.717, 1.165) is 47.7 Å². The first-order valence-corrected chi connectivity index (χ1v) is 11.2. The lowest BCUT2D eigenvalue weighted by molar-refractivity contribution is -0.137. The Morgan fingerprint density at radius 2 is 1.81 bits per heavy atom. The normalized spacial score (nSPS) is 17.6. The zero-order valence-electron chi connectivity index (χ0n) is 17.9. The quantitative estimate of drug-likeness (QED) is 0.392. The first-order valence-electron chi connectivity index (χ1n) is 11.2. The van der Waals surface area contributed by atoms with Gasteiger partial charge < -0.3 is 25.5 Å². The predicted octanol–water partition coefficient (Wildman–Crippen LogP) is 4.36. The molecule has 4 rings (SSSR count). The Labute approximate surface area is 185 Å². The number of aliphatic hydroxyl groups is 1. The van der Waals surface area contributed by atoms with Crippen molar-refractivity contribution in [3.63, 3.8) is 0 Å². The largest absolute Gasteiger partial charge is 0.490 e. The van der Waals surface area contributed by atoms with Crippen LogP contribution in [-0.2, 0) is 0 Å². The fourth-order valence-corrected chi connectivity index (χ4v) is 4.59. The van der Waals surface area contributed by atoms with E-state index in [9.17, 15) is 18.3 Å². The Balaban J connectivity index is 1.37. The van der Waals surface area contributed by atoms with E-state index in [1.807, 2.05) is 42.5 Å². The van der Waals surface area contributed by atoms with Crippen LogP contribution in [0.3, 0.4) is 0 Å². The van der Waals surface area contributed by atoms with Gasteiger partial charge in [0.15, 0.2) is 0 Å². The number of hydrogen-bond acceptors (Lipinski definition) is 4. The molecule has 174 valence electrons. The summed E-state index contributed by atoms with van der Waals surface area (Å²) >= 11 is 0. The summed E-state index contributed by atoms with van der Waals surface area (Å²) in [4.78, 5) is 3.36. The maximum Gasteiger partial charge on any atom is 0.389 e. The Bertz CT molecular complexity index is 1010. The standard InChI is InChI=1S/C24H30F3N3O2/c25-24(26,27)11-8-19(16-9-12-28-13-10-16)29-14-17(31)15-32-22-7-3-6-21-23(22)18-4-1-2-5-20(18)30-21/h1-7,16-17,19,28-31H,8-15H2/t17-,19?/m0/s1. The molecule has 4 N–H and O–H groups in total. The number of aliphatic hydroxyl groups excluding tert-OH is 1. The number of rotatable bonds is 9. The van der Waals surface area contributed by atoms with E-state index in [4.69, 9.17) is 4.74 Å². The van der Waals surface area contributed by atoms with E-state index in [1.165, 1.54) is 0 Å². The van der Waals surface area contributed by atoms with Crippen molar-refractivity contribution in [1.29, 1.82) is 0 Å². The summed E-state index contributed by atoms with van der Waals surface area (Å²) in [6.07, 6.45) is -4.12. The summed E-state index contributed by atoms with van der Waals surface area (Å²) in [5, 5.41) is 18.9. The van der Waals surface area contributed by atoms with Gasteiger partial charge in [-0.3, -0.25) is 0 Å². The Morgan fingerprint density at radius 3 is 2.59 bits per heavy atom. The van der Waals surface area contributed by atoms with E-state index >= 15 is 0 Å². The van der Waals surface area contributed by atoms with Gasteiger partial charge in [0.25, 0.3) is 0 Å². The summed E-state index contributed by atoms with van der Waals surface area (Å²) in [6, 6.07) is 13.4. The highest BCUT2D eigenvalue weighted by molar-refractivity contribution is 6.10. The summed E-state index contributed by atoms with van der Waals surface area (Å²) < 4.78 is 44.3. The van der Waals surface area contributed by atoms with Gasteiger partial charge in [-0.2, -0.15) is 13.2 Å². The number of para-hydroxylation sites is 1. The molecule has 8 heteroatoms. The number of aromatic nitrogens is 1. The molecule has 3 aromatic rings. The van der Waals surface area contributed by atoms with Gasteiger partial charge in [-0.05, 0) is 56.5 Å². The highest BCUT2D eigenvalue weighted by Gasteiger charge is 2.31. The van der Waals surface area contributed by atoms with Crippen LogP contribution in [0.15, 0.2) is 42.5 Å². The Morgan fingerprint density at radius 1 is 1.06 bits per heavy atom. The molecule has 1 aliphatic heterocycles. The summed E-state index contributed by atoms with van der Waals surface area (Å²) in [5.74, 6) is 0.845. The van der Waals surface area contributed by atoms with Crippen LogP contribution in [0.2, 0.25) is 0 Å². The number of fused-ring (bicyclic) bond motifs is 3. The molecular weight excluding hydrogens is 419 g/mol. The number of piperidine rings is 1. The maximum atomic E-state index is 12.8. The van der Waals surface area contributed by atoms with E-state index < -0.39 is 18.7 Å². The number of benzene rings is 2. The van der Waals surface area contributed by atoms with Crippen LogP contribution in [0, 0.1) is 5.92 Å². The topological polar surface area (TPSA) is 69.3 Å². The predicted molar refractivity (Wildman–Crippen MR) is 120 cm³/mol. The molecule has 1 unspecified atom stereocenters.